The molecule has 10 heteroatoms. The van der Waals surface area contributed by atoms with Crippen LogP contribution in [0.1, 0.15) is 55.9 Å². The molecule has 0 aliphatic carbocycles. The molecule has 3 aromatic heterocycles. The van der Waals surface area contributed by atoms with Crippen molar-refractivity contribution in [1.82, 2.24) is 24.7 Å². The minimum atomic E-state index is -0.528. The predicted octanol–water partition coefficient (Wildman–Crippen LogP) is 4.11. The SMILES string of the molecule is CCOc1cn2nc(C)cc2cc1C(=O)Nc1ccc(C2=CCN(C(=O)OC(C)(C)C)CC2)nn1. The number of fused-ring (bicyclic) bond motifs is 1. The van der Waals surface area contributed by atoms with Crippen molar-refractivity contribution in [2.75, 3.05) is 25.0 Å². The molecule has 4 heterocycles. The van der Waals surface area contributed by atoms with Gasteiger partial charge in [0.15, 0.2) is 5.82 Å². The molecule has 0 unspecified atom stereocenters. The molecule has 1 aliphatic heterocycles. The molecule has 4 rings (SSSR count). The van der Waals surface area contributed by atoms with E-state index in [0.29, 0.717) is 48.9 Å². The van der Waals surface area contributed by atoms with E-state index in [0.717, 1.165) is 16.8 Å². The lowest BCUT2D eigenvalue weighted by Crippen LogP contribution is -2.39. The zero-order chi connectivity index (χ0) is 25.2. The van der Waals surface area contributed by atoms with Crippen molar-refractivity contribution in [2.24, 2.45) is 0 Å². The van der Waals surface area contributed by atoms with E-state index < -0.39 is 5.60 Å². The summed E-state index contributed by atoms with van der Waals surface area (Å²) in [6.45, 7) is 10.7. The predicted molar refractivity (Wildman–Crippen MR) is 131 cm³/mol. The van der Waals surface area contributed by atoms with E-state index in [2.05, 4.69) is 20.6 Å². The number of aryl methyl sites for hydroxylation is 1. The Morgan fingerprint density at radius 1 is 1.17 bits per heavy atom. The number of ether oxygens (including phenoxy) is 2. The zero-order valence-corrected chi connectivity index (χ0v) is 20.7. The number of nitrogens with one attached hydrogen (secondary N) is 1. The van der Waals surface area contributed by atoms with E-state index in [1.54, 1.807) is 27.7 Å². The average Bonchev–Trinajstić information content (AvgIpc) is 3.17. The second-order valence-electron chi connectivity index (χ2n) is 9.30. The van der Waals surface area contributed by atoms with Crippen LogP contribution in [0.2, 0.25) is 0 Å². The number of carbonyl (C=O) groups is 2. The normalized spacial score (nSPS) is 14.0. The Morgan fingerprint density at radius 2 is 1.97 bits per heavy atom. The first-order valence-electron chi connectivity index (χ1n) is 11.6. The van der Waals surface area contributed by atoms with Crippen LogP contribution in [0.5, 0.6) is 5.75 Å². The van der Waals surface area contributed by atoms with Gasteiger partial charge in [0, 0.05) is 13.1 Å². The van der Waals surface area contributed by atoms with Gasteiger partial charge in [-0.3, -0.25) is 4.79 Å². The summed E-state index contributed by atoms with van der Waals surface area (Å²) >= 11 is 0. The molecule has 0 fully saturated rings. The topological polar surface area (TPSA) is 111 Å². The molecule has 0 saturated carbocycles. The number of aromatic nitrogens is 4. The summed E-state index contributed by atoms with van der Waals surface area (Å²) in [5.41, 5.74) is 3.20. The van der Waals surface area contributed by atoms with Crippen LogP contribution in [0.15, 0.2) is 36.5 Å². The Hall–Kier alpha value is -3.95. The monoisotopic (exact) mass is 478 g/mol. The number of pyridine rings is 1. The first kappa shape index (κ1) is 24.2. The first-order chi connectivity index (χ1) is 16.6. The summed E-state index contributed by atoms with van der Waals surface area (Å²) in [4.78, 5) is 26.9. The second kappa shape index (κ2) is 9.73. The molecule has 0 radical (unpaired) electrons. The number of hydrogen-bond donors (Lipinski definition) is 1. The summed E-state index contributed by atoms with van der Waals surface area (Å²) in [5, 5.41) is 15.6. The van der Waals surface area contributed by atoms with Crippen LogP contribution in [0.4, 0.5) is 10.6 Å². The van der Waals surface area contributed by atoms with Crippen LogP contribution in [0.3, 0.4) is 0 Å². The maximum absolute atomic E-state index is 13.0. The quantitative estimate of drug-likeness (QED) is 0.587. The molecule has 184 valence electrons. The van der Waals surface area contributed by atoms with Crippen LogP contribution < -0.4 is 10.1 Å². The zero-order valence-electron chi connectivity index (χ0n) is 20.7. The summed E-state index contributed by atoms with van der Waals surface area (Å²) < 4.78 is 12.8. The van der Waals surface area contributed by atoms with E-state index in [9.17, 15) is 9.59 Å². The maximum Gasteiger partial charge on any atom is 0.410 e. The number of carbonyl (C=O) groups excluding carboxylic acids is 2. The van der Waals surface area contributed by atoms with Crippen molar-refractivity contribution < 1.29 is 19.1 Å². The Labute approximate surface area is 203 Å². The van der Waals surface area contributed by atoms with Crippen LogP contribution >= 0.6 is 0 Å². The van der Waals surface area contributed by atoms with Gasteiger partial charge in [-0.2, -0.15) is 5.10 Å². The van der Waals surface area contributed by atoms with Gasteiger partial charge in [0.2, 0.25) is 0 Å². The highest BCUT2D eigenvalue weighted by molar-refractivity contribution is 6.06. The van der Waals surface area contributed by atoms with Crippen molar-refractivity contribution in [3.63, 3.8) is 0 Å². The number of amides is 2. The van der Waals surface area contributed by atoms with Crippen molar-refractivity contribution >= 4 is 28.9 Å². The molecule has 0 atom stereocenters. The van der Waals surface area contributed by atoms with Crippen LogP contribution in [-0.2, 0) is 4.74 Å². The van der Waals surface area contributed by atoms with E-state index >= 15 is 0 Å². The Morgan fingerprint density at radius 3 is 2.60 bits per heavy atom. The van der Waals surface area contributed by atoms with Gasteiger partial charge in [0.05, 0.1) is 35.3 Å². The van der Waals surface area contributed by atoms with E-state index in [4.69, 9.17) is 9.47 Å². The molecule has 1 N–H and O–H groups in total. The van der Waals surface area contributed by atoms with Gasteiger partial charge in [-0.25, -0.2) is 9.31 Å². The number of hydrogen-bond acceptors (Lipinski definition) is 7. The molecule has 0 spiro atoms. The van der Waals surface area contributed by atoms with Gasteiger partial charge >= 0.3 is 6.09 Å². The summed E-state index contributed by atoms with van der Waals surface area (Å²) in [7, 11) is 0. The lowest BCUT2D eigenvalue weighted by molar-refractivity contribution is 0.0270. The molecule has 10 nitrogen and oxygen atoms in total. The van der Waals surface area contributed by atoms with Crippen molar-refractivity contribution in [1.29, 1.82) is 0 Å². The fourth-order valence-electron chi connectivity index (χ4n) is 3.74. The molecular formula is C25H30N6O4. The summed E-state index contributed by atoms with van der Waals surface area (Å²) in [6.07, 6.45) is 3.97. The van der Waals surface area contributed by atoms with E-state index in [1.165, 1.54) is 0 Å². The standard InChI is InChI=1S/C25H30N6O4/c1-6-34-21-15-31-18(13-16(2)29-31)14-19(21)23(32)26-22-8-7-20(27-28-22)17-9-11-30(12-10-17)24(33)35-25(3,4)5/h7-9,13-15H,6,10-12H2,1-5H3,(H,26,28,32). The lowest BCUT2D eigenvalue weighted by atomic mass is 10.0. The minimum Gasteiger partial charge on any atom is -0.491 e. The van der Waals surface area contributed by atoms with Crippen molar-refractivity contribution in [2.45, 2.75) is 46.6 Å². The molecule has 0 aromatic carbocycles. The van der Waals surface area contributed by atoms with Gasteiger partial charge < -0.3 is 19.7 Å². The molecular weight excluding hydrogens is 448 g/mol. The Bertz CT molecular complexity index is 1270. The second-order valence-corrected chi connectivity index (χ2v) is 9.30. The highest BCUT2D eigenvalue weighted by Gasteiger charge is 2.24. The van der Waals surface area contributed by atoms with Gasteiger partial charge in [-0.1, -0.05) is 6.08 Å². The third kappa shape index (κ3) is 5.76. The smallest absolute Gasteiger partial charge is 0.410 e. The first-order valence-corrected chi connectivity index (χ1v) is 11.6. The third-order valence-electron chi connectivity index (χ3n) is 5.32. The maximum atomic E-state index is 13.0. The van der Waals surface area contributed by atoms with Gasteiger partial charge in [-0.05, 0) is 70.9 Å². The van der Waals surface area contributed by atoms with Crippen molar-refractivity contribution in [3.8, 4) is 5.75 Å². The largest absolute Gasteiger partial charge is 0.491 e. The van der Waals surface area contributed by atoms with E-state index in [1.807, 2.05) is 52.8 Å². The lowest BCUT2D eigenvalue weighted by Gasteiger charge is -2.29. The van der Waals surface area contributed by atoms with Crippen molar-refractivity contribution in [3.05, 3.63) is 53.5 Å². The van der Waals surface area contributed by atoms with Gasteiger partial charge in [-0.15, -0.1) is 10.2 Å². The molecule has 0 saturated heterocycles. The minimum absolute atomic E-state index is 0.326. The Balaban J connectivity index is 1.44. The number of rotatable bonds is 5. The summed E-state index contributed by atoms with van der Waals surface area (Å²) in [5.74, 6) is 0.423. The molecule has 2 amide bonds. The number of anilines is 1. The molecule has 3 aromatic rings. The molecule has 1 aliphatic rings. The fourth-order valence-corrected chi connectivity index (χ4v) is 3.74. The van der Waals surface area contributed by atoms with Crippen LogP contribution in [0.25, 0.3) is 11.1 Å². The van der Waals surface area contributed by atoms with Crippen LogP contribution in [-0.4, -0.2) is 62.0 Å². The number of nitrogens with zero attached hydrogens (tertiary/aromatic N) is 5. The molecule has 35 heavy (non-hydrogen) atoms. The highest BCUT2D eigenvalue weighted by atomic mass is 16.6. The molecule has 0 bridgehead atoms. The fraction of sp³-hybridized carbons (Fsp3) is 0.400. The van der Waals surface area contributed by atoms with E-state index in [-0.39, 0.29) is 12.0 Å². The summed E-state index contributed by atoms with van der Waals surface area (Å²) in [6, 6.07) is 7.15. The Kier molecular flexibility index (Phi) is 6.72. The highest BCUT2D eigenvalue weighted by Crippen LogP contribution is 2.24. The van der Waals surface area contributed by atoms with Crippen LogP contribution in [0, 0.1) is 6.92 Å². The van der Waals surface area contributed by atoms with Gasteiger partial charge in [0.25, 0.3) is 5.91 Å². The average molecular weight is 479 g/mol. The van der Waals surface area contributed by atoms with Gasteiger partial charge in [0.1, 0.15) is 11.4 Å². The third-order valence-corrected chi connectivity index (χ3v) is 5.32.